The average Bonchev–Trinajstić information content (AvgIpc) is 3.56. The van der Waals surface area contributed by atoms with Crippen LogP contribution in [0.25, 0.3) is 11.2 Å². The quantitative estimate of drug-likeness (QED) is 0.164. The highest BCUT2D eigenvalue weighted by Crippen LogP contribution is 2.56. The SMILES string of the molecule is CC(C)(C)C(O[Si](c1ccccc1)c1ccccc1)[C@H]1[C@@H](C(O[Si](c2ccccc2)c2ccccc2)C(C)(C)C)C[C@H]1n1cnc2c(N)ncnc21. The summed E-state index contributed by atoms with van der Waals surface area (Å²) in [6.07, 6.45) is 4.16. The van der Waals surface area contributed by atoms with Crippen LogP contribution in [0.4, 0.5) is 5.82 Å². The maximum Gasteiger partial charge on any atom is 0.283 e. The summed E-state index contributed by atoms with van der Waals surface area (Å²) in [5, 5.41) is 4.96. The van der Waals surface area contributed by atoms with Gasteiger partial charge in [-0.15, -0.1) is 0 Å². The first-order chi connectivity index (χ1) is 25.0. The van der Waals surface area contributed by atoms with Gasteiger partial charge in [0, 0.05) is 12.0 Å². The third-order valence-electron chi connectivity index (χ3n) is 10.3. The summed E-state index contributed by atoms with van der Waals surface area (Å²) < 4.78 is 17.5. The standard InChI is InChI=1S/C43H49N5O2Si2/c1-42(2,3)38(49-51(30-19-11-7-12-20-30)31-21-13-8-14-22-31)34-27-35(48-29-47-37-40(44)45-28-46-41(37)48)36(34)39(43(4,5)6)50-52(32-23-15-9-16-24-32)33-25-17-10-18-26-33/h7-26,28-29,34-36,38-39H,27H2,1-6H3,(H2,44,45,46)/t34-,35+,36-,38?,39?/m0/s1. The molecule has 2 unspecified atom stereocenters. The van der Waals surface area contributed by atoms with Crippen LogP contribution in [0.2, 0.25) is 0 Å². The van der Waals surface area contributed by atoms with Gasteiger partial charge in [0.2, 0.25) is 0 Å². The molecule has 1 aliphatic rings. The molecular weight excluding hydrogens is 675 g/mol. The fourth-order valence-corrected chi connectivity index (χ4v) is 12.5. The van der Waals surface area contributed by atoms with Crippen LogP contribution in [-0.4, -0.2) is 49.8 Å². The molecule has 7 nitrogen and oxygen atoms in total. The van der Waals surface area contributed by atoms with Gasteiger partial charge in [-0.25, -0.2) is 15.0 Å². The third-order valence-corrected chi connectivity index (χ3v) is 14.7. The second-order valence-electron chi connectivity index (χ2n) is 16.1. The van der Waals surface area contributed by atoms with E-state index >= 15 is 0 Å². The van der Waals surface area contributed by atoms with Gasteiger partial charge >= 0.3 is 0 Å². The van der Waals surface area contributed by atoms with Crippen molar-refractivity contribution in [1.29, 1.82) is 0 Å². The number of rotatable bonds is 11. The van der Waals surface area contributed by atoms with Crippen LogP contribution in [0.1, 0.15) is 54.0 Å². The molecule has 9 heteroatoms. The molecule has 2 heterocycles. The summed E-state index contributed by atoms with van der Waals surface area (Å²) in [5.41, 5.74) is 7.35. The van der Waals surface area contributed by atoms with E-state index in [9.17, 15) is 0 Å². The van der Waals surface area contributed by atoms with Crippen LogP contribution in [0.15, 0.2) is 134 Å². The molecule has 0 amide bonds. The van der Waals surface area contributed by atoms with Gasteiger partial charge in [-0.05, 0) is 43.9 Å². The number of nitrogens with zero attached hydrogens (tertiary/aromatic N) is 4. The molecular formula is C43H49N5O2Si2. The predicted molar refractivity (Wildman–Crippen MR) is 215 cm³/mol. The average molecular weight is 724 g/mol. The van der Waals surface area contributed by atoms with Crippen LogP contribution in [0, 0.1) is 22.7 Å². The number of fused-ring (bicyclic) bond motifs is 1. The first-order valence-corrected chi connectivity index (χ1v) is 21.0. The van der Waals surface area contributed by atoms with E-state index in [2.05, 4.69) is 172 Å². The molecule has 266 valence electrons. The van der Waals surface area contributed by atoms with E-state index in [1.54, 1.807) is 6.33 Å². The smallest absolute Gasteiger partial charge is 0.283 e. The lowest BCUT2D eigenvalue weighted by Crippen LogP contribution is -2.62. The molecule has 6 aromatic rings. The summed E-state index contributed by atoms with van der Waals surface area (Å²) >= 11 is 0. The topological polar surface area (TPSA) is 88.1 Å². The van der Waals surface area contributed by atoms with E-state index < -0.39 is 18.1 Å². The van der Waals surface area contributed by atoms with Crippen molar-refractivity contribution in [2.75, 3.05) is 5.73 Å². The highest BCUT2D eigenvalue weighted by atomic mass is 28.3. The number of hydrogen-bond donors (Lipinski definition) is 1. The Bertz CT molecular complexity index is 1970. The normalized spacial score (nSPS) is 19.1. The summed E-state index contributed by atoms with van der Waals surface area (Å²) in [5.74, 6) is 0.667. The van der Waals surface area contributed by atoms with Gasteiger partial charge < -0.3 is 19.2 Å². The van der Waals surface area contributed by atoms with Crippen LogP contribution in [0.5, 0.6) is 0 Å². The molecule has 2 radical (unpaired) electrons. The Hall–Kier alpha value is -4.42. The highest BCUT2D eigenvalue weighted by molar-refractivity contribution is 6.80. The first kappa shape index (κ1) is 36.0. The summed E-state index contributed by atoms with van der Waals surface area (Å²) in [4.78, 5) is 13.7. The lowest BCUT2D eigenvalue weighted by Gasteiger charge is -2.57. The van der Waals surface area contributed by atoms with E-state index in [4.69, 9.17) is 24.6 Å². The van der Waals surface area contributed by atoms with E-state index in [0.29, 0.717) is 11.3 Å². The van der Waals surface area contributed by atoms with Gasteiger partial charge in [0.15, 0.2) is 11.5 Å². The van der Waals surface area contributed by atoms with Gasteiger partial charge in [0.1, 0.15) is 11.8 Å². The number of imidazole rings is 1. The molecule has 1 aliphatic carbocycles. The Labute approximate surface area is 311 Å². The molecule has 0 bridgehead atoms. The van der Waals surface area contributed by atoms with Crippen molar-refractivity contribution in [2.24, 2.45) is 22.7 Å². The highest BCUT2D eigenvalue weighted by Gasteiger charge is 2.56. The fraction of sp³-hybridized carbons (Fsp3) is 0.326. The van der Waals surface area contributed by atoms with Gasteiger partial charge in [-0.2, -0.15) is 0 Å². The number of nitrogens with two attached hydrogens (primary N) is 1. The number of hydrogen-bond acceptors (Lipinski definition) is 6. The Morgan fingerprint density at radius 2 is 1.04 bits per heavy atom. The molecule has 1 fully saturated rings. The van der Waals surface area contributed by atoms with Crippen LogP contribution in [0.3, 0.4) is 0 Å². The van der Waals surface area contributed by atoms with Crippen molar-refractivity contribution < 1.29 is 8.85 Å². The minimum Gasteiger partial charge on any atom is -0.404 e. The van der Waals surface area contributed by atoms with Crippen molar-refractivity contribution in [3.63, 3.8) is 0 Å². The largest absolute Gasteiger partial charge is 0.404 e. The molecule has 2 aromatic heterocycles. The Morgan fingerprint density at radius 3 is 1.46 bits per heavy atom. The monoisotopic (exact) mass is 723 g/mol. The van der Waals surface area contributed by atoms with Gasteiger partial charge in [-0.1, -0.05) is 163 Å². The lowest BCUT2D eigenvalue weighted by molar-refractivity contribution is -0.127. The molecule has 4 aromatic carbocycles. The van der Waals surface area contributed by atoms with E-state index in [-0.39, 0.29) is 40.9 Å². The second-order valence-corrected chi connectivity index (χ2v) is 20.2. The minimum atomic E-state index is -1.64. The number of anilines is 1. The zero-order valence-corrected chi connectivity index (χ0v) is 33.0. The molecule has 5 atom stereocenters. The van der Waals surface area contributed by atoms with Gasteiger partial charge in [-0.3, -0.25) is 0 Å². The molecule has 2 N–H and O–H groups in total. The van der Waals surface area contributed by atoms with Crippen molar-refractivity contribution in [3.05, 3.63) is 134 Å². The molecule has 0 spiro atoms. The third kappa shape index (κ3) is 7.41. The molecule has 0 aliphatic heterocycles. The van der Waals surface area contributed by atoms with E-state index in [0.717, 1.165) is 12.1 Å². The van der Waals surface area contributed by atoms with E-state index in [1.165, 1.54) is 20.7 Å². The zero-order chi connectivity index (χ0) is 36.5. The van der Waals surface area contributed by atoms with Gasteiger partial charge in [0.25, 0.3) is 18.1 Å². The molecule has 52 heavy (non-hydrogen) atoms. The second kappa shape index (κ2) is 14.9. The van der Waals surface area contributed by atoms with Crippen molar-refractivity contribution in [3.8, 4) is 0 Å². The molecule has 1 saturated carbocycles. The maximum absolute atomic E-state index is 7.69. The summed E-state index contributed by atoms with van der Waals surface area (Å²) in [6, 6.07) is 43.1. The fourth-order valence-electron chi connectivity index (χ4n) is 7.80. The maximum atomic E-state index is 7.69. The summed E-state index contributed by atoms with van der Waals surface area (Å²) in [6.45, 7) is 13.9. The summed E-state index contributed by atoms with van der Waals surface area (Å²) in [7, 11) is -3.23. The van der Waals surface area contributed by atoms with Crippen molar-refractivity contribution in [1.82, 2.24) is 19.5 Å². The number of aromatic nitrogens is 4. The first-order valence-electron chi connectivity index (χ1n) is 18.2. The van der Waals surface area contributed by atoms with Crippen LogP contribution < -0.4 is 26.5 Å². The van der Waals surface area contributed by atoms with Crippen LogP contribution in [-0.2, 0) is 8.85 Å². The number of nitrogen functional groups attached to an aromatic ring is 1. The van der Waals surface area contributed by atoms with Crippen molar-refractivity contribution >= 4 is 55.8 Å². The predicted octanol–water partition coefficient (Wildman–Crippen LogP) is 6.06. The zero-order valence-electron chi connectivity index (χ0n) is 31.0. The van der Waals surface area contributed by atoms with E-state index in [1.807, 2.05) is 6.33 Å². The Kier molecular flexibility index (Phi) is 10.3. The minimum absolute atomic E-state index is 0.0601. The van der Waals surface area contributed by atoms with Crippen molar-refractivity contribution in [2.45, 2.75) is 66.2 Å². The lowest BCUT2D eigenvalue weighted by atomic mass is 9.57. The Balaban J connectivity index is 1.35. The molecule has 0 saturated heterocycles. The Morgan fingerprint density at radius 1 is 0.615 bits per heavy atom. The number of benzene rings is 4. The van der Waals surface area contributed by atoms with Crippen LogP contribution >= 0.6 is 0 Å². The molecule has 7 rings (SSSR count). The van der Waals surface area contributed by atoms with Gasteiger partial charge in [0.05, 0.1) is 18.5 Å².